The molecule has 0 saturated heterocycles. The van der Waals surface area contributed by atoms with Crippen LogP contribution in [0.1, 0.15) is 27.5 Å². The number of amides is 1. The zero-order valence-electron chi connectivity index (χ0n) is 11.6. The van der Waals surface area contributed by atoms with Gasteiger partial charge in [-0.05, 0) is 24.5 Å². The number of para-hydroxylation sites is 1. The fourth-order valence-electron chi connectivity index (χ4n) is 2.54. The van der Waals surface area contributed by atoms with Gasteiger partial charge in [-0.15, -0.1) is 11.3 Å². The predicted molar refractivity (Wildman–Crippen MR) is 79.2 cm³/mol. The van der Waals surface area contributed by atoms with E-state index in [2.05, 4.69) is 4.98 Å². The standard InChI is InChI=1S/C15H15FN2O2S/c1-20-8-13-17-12(9-21-13)15(19)18-7-3-5-10-4-2-6-11(16)14(10)18/h2,4,6,9H,3,5,7-8H2,1H3. The monoisotopic (exact) mass is 306 g/mol. The Morgan fingerprint density at radius 1 is 1.52 bits per heavy atom. The number of hydrogen-bond donors (Lipinski definition) is 0. The van der Waals surface area contributed by atoms with Crippen molar-refractivity contribution in [3.8, 4) is 0 Å². The van der Waals surface area contributed by atoms with Crippen LogP contribution in [0.5, 0.6) is 0 Å². The molecule has 21 heavy (non-hydrogen) atoms. The minimum absolute atomic E-state index is 0.250. The minimum Gasteiger partial charge on any atom is -0.378 e. The Hall–Kier alpha value is -1.79. The Kier molecular flexibility index (Phi) is 3.98. The lowest BCUT2D eigenvalue weighted by molar-refractivity contribution is 0.0979. The summed E-state index contributed by atoms with van der Waals surface area (Å²) in [5.41, 5.74) is 1.63. The van der Waals surface area contributed by atoms with Crippen molar-refractivity contribution < 1.29 is 13.9 Å². The summed E-state index contributed by atoms with van der Waals surface area (Å²) in [6, 6.07) is 4.94. The second kappa shape index (κ2) is 5.91. The summed E-state index contributed by atoms with van der Waals surface area (Å²) >= 11 is 1.37. The van der Waals surface area contributed by atoms with Gasteiger partial charge in [-0.3, -0.25) is 4.79 Å². The van der Waals surface area contributed by atoms with Crippen molar-refractivity contribution in [2.24, 2.45) is 0 Å². The Bertz CT molecular complexity index is 671. The molecule has 1 aliphatic rings. The molecule has 1 aromatic heterocycles. The molecule has 6 heteroatoms. The Morgan fingerprint density at radius 3 is 3.19 bits per heavy atom. The van der Waals surface area contributed by atoms with Gasteiger partial charge in [0.15, 0.2) is 0 Å². The van der Waals surface area contributed by atoms with Gasteiger partial charge in [-0.2, -0.15) is 0 Å². The van der Waals surface area contributed by atoms with Crippen LogP contribution in [0.25, 0.3) is 0 Å². The van der Waals surface area contributed by atoms with Gasteiger partial charge in [0.2, 0.25) is 0 Å². The van der Waals surface area contributed by atoms with Crippen LogP contribution in [0.15, 0.2) is 23.6 Å². The lowest BCUT2D eigenvalue weighted by atomic mass is 10.0. The summed E-state index contributed by atoms with van der Waals surface area (Å²) in [6.07, 6.45) is 1.63. The van der Waals surface area contributed by atoms with Gasteiger partial charge in [0.1, 0.15) is 16.5 Å². The molecular weight excluding hydrogens is 291 g/mol. The molecule has 0 unspecified atom stereocenters. The van der Waals surface area contributed by atoms with Crippen LogP contribution in [0.3, 0.4) is 0 Å². The number of benzene rings is 1. The van der Waals surface area contributed by atoms with Gasteiger partial charge < -0.3 is 9.64 Å². The number of aryl methyl sites for hydroxylation is 1. The highest BCUT2D eigenvalue weighted by Gasteiger charge is 2.27. The third kappa shape index (κ3) is 2.69. The first-order valence-corrected chi connectivity index (χ1v) is 7.61. The number of rotatable bonds is 3. The number of nitrogens with zero attached hydrogens (tertiary/aromatic N) is 2. The van der Waals surface area contributed by atoms with E-state index < -0.39 is 0 Å². The number of hydrogen-bond acceptors (Lipinski definition) is 4. The highest BCUT2D eigenvalue weighted by Crippen LogP contribution is 2.31. The lowest BCUT2D eigenvalue weighted by Crippen LogP contribution is -2.36. The molecule has 0 saturated carbocycles. The molecule has 0 radical (unpaired) electrons. The number of carbonyl (C=O) groups is 1. The van der Waals surface area contributed by atoms with Crippen LogP contribution in [0.2, 0.25) is 0 Å². The number of ether oxygens (including phenoxy) is 1. The van der Waals surface area contributed by atoms with E-state index in [0.29, 0.717) is 24.5 Å². The highest BCUT2D eigenvalue weighted by molar-refractivity contribution is 7.09. The third-order valence-corrected chi connectivity index (χ3v) is 4.27. The topological polar surface area (TPSA) is 42.4 Å². The first-order valence-electron chi connectivity index (χ1n) is 6.73. The second-order valence-electron chi connectivity index (χ2n) is 4.87. The van der Waals surface area contributed by atoms with E-state index in [-0.39, 0.29) is 11.7 Å². The minimum atomic E-state index is -0.354. The van der Waals surface area contributed by atoms with Crippen molar-refractivity contribution in [3.63, 3.8) is 0 Å². The van der Waals surface area contributed by atoms with E-state index in [1.165, 1.54) is 22.3 Å². The van der Waals surface area contributed by atoms with Gasteiger partial charge in [0.25, 0.3) is 5.91 Å². The van der Waals surface area contributed by atoms with Crippen molar-refractivity contribution >= 4 is 22.9 Å². The van der Waals surface area contributed by atoms with Crippen LogP contribution in [-0.4, -0.2) is 24.5 Å². The molecule has 4 nitrogen and oxygen atoms in total. The number of methoxy groups -OCH3 is 1. The van der Waals surface area contributed by atoms with Crippen LogP contribution in [0.4, 0.5) is 10.1 Å². The lowest BCUT2D eigenvalue weighted by Gasteiger charge is -2.29. The smallest absolute Gasteiger partial charge is 0.277 e. The summed E-state index contributed by atoms with van der Waals surface area (Å²) in [4.78, 5) is 18.4. The number of halogens is 1. The van der Waals surface area contributed by atoms with E-state index in [9.17, 15) is 9.18 Å². The van der Waals surface area contributed by atoms with Crippen LogP contribution in [0, 0.1) is 5.82 Å². The van der Waals surface area contributed by atoms with Crippen LogP contribution in [-0.2, 0) is 17.8 Å². The Morgan fingerprint density at radius 2 is 2.38 bits per heavy atom. The van der Waals surface area contributed by atoms with Crippen LogP contribution < -0.4 is 4.90 Å². The van der Waals surface area contributed by atoms with Crippen molar-refractivity contribution in [2.75, 3.05) is 18.6 Å². The zero-order valence-corrected chi connectivity index (χ0v) is 12.5. The summed E-state index contributed by atoms with van der Waals surface area (Å²) in [7, 11) is 1.58. The number of aromatic nitrogens is 1. The molecule has 0 N–H and O–H groups in total. The SMILES string of the molecule is COCc1nc(C(=O)N2CCCc3cccc(F)c32)cs1. The fraction of sp³-hybridized carbons (Fsp3) is 0.333. The van der Waals surface area contributed by atoms with E-state index in [0.717, 1.165) is 23.4 Å². The van der Waals surface area contributed by atoms with E-state index in [1.807, 2.05) is 6.07 Å². The molecule has 1 aromatic carbocycles. The number of thiazole rings is 1. The molecule has 3 rings (SSSR count). The Labute approximate surface area is 126 Å². The molecule has 0 spiro atoms. The molecule has 0 aliphatic carbocycles. The average molecular weight is 306 g/mol. The Balaban J connectivity index is 1.92. The van der Waals surface area contributed by atoms with Gasteiger partial charge in [0.05, 0.1) is 12.3 Å². The average Bonchev–Trinajstić information content (AvgIpc) is 2.95. The zero-order chi connectivity index (χ0) is 14.8. The molecule has 2 heterocycles. The first kappa shape index (κ1) is 14.2. The van der Waals surface area contributed by atoms with E-state index in [1.54, 1.807) is 18.6 Å². The predicted octanol–water partition coefficient (Wildman–Crippen LogP) is 3.02. The summed E-state index contributed by atoms with van der Waals surface area (Å²) in [6.45, 7) is 0.896. The summed E-state index contributed by atoms with van der Waals surface area (Å²) in [5, 5.41) is 2.44. The van der Waals surface area contributed by atoms with E-state index >= 15 is 0 Å². The van der Waals surface area contributed by atoms with Gasteiger partial charge >= 0.3 is 0 Å². The molecule has 0 atom stereocenters. The van der Waals surface area contributed by atoms with Crippen LogP contribution >= 0.6 is 11.3 Å². The van der Waals surface area contributed by atoms with Crippen molar-refractivity contribution in [2.45, 2.75) is 19.4 Å². The molecule has 110 valence electrons. The van der Waals surface area contributed by atoms with Crippen molar-refractivity contribution in [3.05, 3.63) is 45.7 Å². The van der Waals surface area contributed by atoms with Gasteiger partial charge in [0, 0.05) is 19.0 Å². The molecule has 1 aliphatic heterocycles. The third-order valence-electron chi connectivity index (χ3n) is 3.45. The van der Waals surface area contributed by atoms with Crippen molar-refractivity contribution in [1.82, 2.24) is 4.98 Å². The number of carbonyl (C=O) groups excluding carboxylic acids is 1. The largest absolute Gasteiger partial charge is 0.378 e. The quantitative estimate of drug-likeness (QED) is 0.875. The maximum atomic E-state index is 14.1. The van der Waals surface area contributed by atoms with Gasteiger partial charge in [-0.1, -0.05) is 12.1 Å². The second-order valence-corrected chi connectivity index (χ2v) is 5.81. The number of fused-ring (bicyclic) bond motifs is 1. The molecular formula is C15H15FN2O2S. The van der Waals surface area contributed by atoms with E-state index in [4.69, 9.17) is 4.74 Å². The maximum absolute atomic E-state index is 14.1. The molecule has 0 fully saturated rings. The fourth-order valence-corrected chi connectivity index (χ4v) is 3.28. The maximum Gasteiger partial charge on any atom is 0.277 e. The molecule has 2 aromatic rings. The number of anilines is 1. The summed E-state index contributed by atoms with van der Waals surface area (Å²) in [5.74, 6) is -0.604. The normalized spacial score (nSPS) is 14.1. The molecule has 0 bridgehead atoms. The van der Waals surface area contributed by atoms with Gasteiger partial charge in [-0.25, -0.2) is 9.37 Å². The molecule has 1 amide bonds. The van der Waals surface area contributed by atoms with Crippen molar-refractivity contribution in [1.29, 1.82) is 0 Å². The summed E-state index contributed by atoms with van der Waals surface area (Å²) < 4.78 is 19.1. The highest BCUT2D eigenvalue weighted by atomic mass is 32.1. The first-order chi connectivity index (χ1) is 10.2.